The van der Waals surface area contributed by atoms with Crippen molar-refractivity contribution in [2.45, 2.75) is 39.1 Å². The molecule has 2 rings (SSSR count). The number of benzene rings is 1. The van der Waals surface area contributed by atoms with Crippen LogP contribution in [0.15, 0.2) is 24.3 Å². The number of carbonyl (C=O) groups is 1. The summed E-state index contributed by atoms with van der Waals surface area (Å²) >= 11 is 0. The van der Waals surface area contributed by atoms with Crippen LogP contribution < -0.4 is 10.1 Å². The number of hydrogen-bond acceptors (Lipinski definition) is 3. The monoisotopic (exact) mass is 298 g/mol. The third kappa shape index (κ3) is 3.15. The number of para-hydroxylation sites is 1. The van der Waals surface area contributed by atoms with Gasteiger partial charge >= 0.3 is 6.61 Å². The van der Waals surface area contributed by atoms with Crippen molar-refractivity contribution in [3.63, 3.8) is 0 Å². The molecule has 0 saturated carbocycles. The van der Waals surface area contributed by atoms with E-state index in [1.54, 1.807) is 30.1 Å². The van der Waals surface area contributed by atoms with E-state index < -0.39 is 12.8 Å². The fraction of sp³-hybridized carbons (Fsp3) is 0.533. The van der Waals surface area contributed by atoms with Gasteiger partial charge in [0, 0.05) is 12.6 Å². The molecule has 0 bridgehead atoms. The molecule has 0 radical (unpaired) electrons. The van der Waals surface area contributed by atoms with Crippen molar-refractivity contribution in [2.75, 3.05) is 7.05 Å². The minimum absolute atomic E-state index is 0.0267. The molecule has 3 unspecified atom stereocenters. The molecule has 1 N–H and O–H groups in total. The highest BCUT2D eigenvalue weighted by atomic mass is 19.3. The zero-order valence-corrected chi connectivity index (χ0v) is 12.3. The van der Waals surface area contributed by atoms with Crippen molar-refractivity contribution >= 4 is 5.91 Å². The van der Waals surface area contributed by atoms with E-state index in [0.29, 0.717) is 5.56 Å². The molecule has 0 aromatic heterocycles. The number of nitrogens with zero attached hydrogens (tertiary/aromatic N) is 1. The molecule has 1 aliphatic rings. The van der Waals surface area contributed by atoms with Gasteiger partial charge in [-0.15, -0.1) is 0 Å². The number of alkyl halides is 2. The number of halogens is 2. The predicted octanol–water partition coefficient (Wildman–Crippen LogP) is 2.76. The van der Waals surface area contributed by atoms with Crippen molar-refractivity contribution in [1.29, 1.82) is 0 Å². The Morgan fingerprint density at radius 3 is 2.67 bits per heavy atom. The van der Waals surface area contributed by atoms with Gasteiger partial charge in [-0.05, 0) is 12.0 Å². The topological polar surface area (TPSA) is 41.6 Å². The van der Waals surface area contributed by atoms with Crippen molar-refractivity contribution in [3.05, 3.63) is 29.8 Å². The lowest BCUT2D eigenvalue weighted by Gasteiger charge is -2.22. The summed E-state index contributed by atoms with van der Waals surface area (Å²) in [6.45, 7) is 1.12. The molecule has 21 heavy (non-hydrogen) atoms. The minimum atomic E-state index is -2.89. The lowest BCUT2D eigenvalue weighted by Crippen LogP contribution is -2.35. The molecule has 6 heteroatoms. The van der Waals surface area contributed by atoms with E-state index in [-0.39, 0.29) is 23.6 Å². The number of ether oxygens (including phenoxy) is 1. The first-order valence-electron chi connectivity index (χ1n) is 7.02. The Morgan fingerprint density at radius 1 is 1.38 bits per heavy atom. The van der Waals surface area contributed by atoms with Crippen LogP contribution in [0.3, 0.4) is 0 Å². The van der Waals surface area contributed by atoms with Gasteiger partial charge < -0.3 is 9.64 Å². The van der Waals surface area contributed by atoms with Gasteiger partial charge in [-0.3, -0.25) is 10.1 Å². The summed E-state index contributed by atoms with van der Waals surface area (Å²) in [4.78, 5) is 13.8. The number of carbonyl (C=O) groups excluding carboxylic acids is 1. The highest BCUT2D eigenvalue weighted by Gasteiger charge is 2.40. The summed E-state index contributed by atoms with van der Waals surface area (Å²) in [7, 11) is 1.67. The Kier molecular flexibility index (Phi) is 4.77. The maximum absolute atomic E-state index is 12.5. The van der Waals surface area contributed by atoms with E-state index in [1.807, 2.05) is 13.8 Å². The lowest BCUT2D eigenvalue weighted by molar-refractivity contribution is -0.129. The molecule has 1 heterocycles. The smallest absolute Gasteiger partial charge is 0.387 e. The maximum Gasteiger partial charge on any atom is 0.387 e. The first-order chi connectivity index (χ1) is 9.95. The fourth-order valence-electron chi connectivity index (χ4n) is 2.55. The van der Waals surface area contributed by atoms with Gasteiger partial charge in [-0.2, -0.15) is 8.78 Å². The Morgan fingerprint density at radius 2 is 2.05 bits per heavy atom. The number of likely N-dealkylation sites (N-methyl/N-ethyl adjacent to an activating group) is 1. The zero-order chi connectivity index (χ0) is 15.6. The molecule has 116 valence electrons. The molecular weight excluding hydrogens is 278 g/mol. The Hall–Kier alpha value is -1.69. The molecule has 0 spiro atoms. The van der Waals surface area contributed by atoms with Gasteiger partial charge in [0.2, 0.25) is 5.91 Å². The van der Waals surface area contributed by atoms with Crippen LogP contribution in [0.5, 0.6) is 5.75 Å². The molecule has 3 atom stereocenters. The fourth-order valence-corrected chi connectivity index (χ4v) is 2.55. The van der Waals surface area contributed by atoms with Crippen LogP contribution in [0.25, 0.3) is 0 Å². The summed E-state index contributed by atoms with van der Waals surface area (Å²) in [5.41, 5.74) is 0.541. The van der Waals surface area contributed by atoms with Crippen LogP contribution in [0.4, 0.5) is 8.78 Å². The highest BCUT2D eigenvalue weighted by Crippen LogP contribution is 2.33. The molecular formula is C15H20F2N2O2. The molecule has 1 amide bonds. The number of amides is 1. The number of hydrogen-bond donors (Lipinski definition) is 1. The van der Waals surface area contributed by atoms with Gasteiger partial charge in [0.15, 0.2) is 0 Å². The third-order valence-corrected chi connectivity index (χ3v) is 3.98. The molecule has 0 aliphatic carbocycles. The highest BCUT2D eigenvalue weighted by molar-refractivity contribution is 5.84. The molecule has 1 aliphatic heterocycles. The van der Waals surface area contributed by atoms with E-state index in [1.165, 1.54) is 6.07 Å². The molecule has 1 aromatic carbocycles. The first kappa shape index (κ1) is 15.7. The van der Waals surface area contributed by atoms with Crippen LogP contribution >= 0.6 is 0 Å². The Balaban J connectivity index is 2.28. The first-order valence-corrected chi connectivity index (χ1v) is 7.02. The van der Waals surface area contributed by atoms with Crippen molar-refractivity contribution < 1.29 is 18.3 Å². The van der Waals surface area contributed by atoms with E-state index in [2.05, 4.69) is 10.1 Å². The standard InChI is InChI=1S/C15H20F2N2O2/c1-4-9(2)12-14(20)19(3)13(18-12)10-7-5-6-8-11(10)21-15(16)17/h5-9,12-13,15,18H,4H2,1-3H3. The average Bonchev–Trinajstić information content (AvgIpc) is 2.75. The van der Waals surface area contributed by atoms with Crippen molar-refractivity contribution in [1.82, 2.24) is 10.2 Å². The van der Waals surface area contributed by atoms with Crippen LogP contribution in [0.1, 0.15) is 32.0 Å². The molecule has 1 fully saturated rings. The second-order valence-corrected chi connectivity index (χ2v) is 5.30. The lowest BCUT2D eigenvalue weighted by atomic mass is 9.99. The third-order valence-electron chi connectivity index (χ3n) is 3.98. The maximum atomic E-state index is 12.5. The molecule has 4 nitrogen and oxygen atoms in total. The summed E-state index contributed by atoms with van der Waals surface area (Å²) in [6.07, 6.45) is 0.408. The van der Waals surface area contributed by atoms with Gasteiger partial charge in [-0.1, -0.05) is 38.5 Å². The minimum Gasteiger partial charge on any atom is -0.434 e. The predicted molar refractivity (Wildman–Crippen MR) is 75.0 cm³/mol. The van der Waals surface area contributed by atoms with Gasteiger partial charge in [-0.25, -0.2) is 0 Å². The second kappa shape index (κ2) is 6.39. The van der Waals surface area contributed by atoms with Crippen LogP contribution in [-0.4, -0.2) is 30.5 Å². The summed E-state index contributed by atoms with van der Waals surface area (Å²) in [6, 6.07) is 6.24. The average molecular weight is 298 g/mol. The largest absolute Gasteiger partial charge is 0.434 e. The number of nitrogens with one attached hydrogen (secondary N) is 1. The Bertz CT molecular complexity index is 510. The van der Waals surface area contributed by atoms with Crippen LogP contribution in [-0.2, 0) is 4.79 Å². The van der Waals surface area contributed by atoms with E-state index in [0.717, 1.165) is 6.42 Å². The summed E-state index contributed by atoms with van der Waals surface area (Å²) < 4.78 is 29.5. The summed E-state index contributed by atoms with van der Waals surface area (Å²) in [5, 5.41) is 3.22. The van der Waals surface area contributed by atoms with E-state index in [4.69, 9.17) is 0 Å². The van der Waals surface area contributed by atoms with Crippen molar-refractivity contribution in [3.8, 4) is 5.75 Å². The second-order valence-electron chi connectivity index (χ2n) is 5.30. The molecule has 1 saturated heterocycles. The quantitative estimate of drug-likeness (QED) is 0.909. The van der Waals surface area contributed by atoms with Gasteiger partial charge in [0.25, 0.3) is 0 Å². The Labute approximate surface area is 123 Å². The summed E-state index contributed by atoms with van der Waals surface area (Å²) in [5.74, 6) is 0.240. The molecule has 1 aromatic rings. The zero-order valence-electron chi connectivity index (χ0n) is 12.3. The van der Waals surface area contributed by atoms with Gasteiger partial charge in [0.1, 0.15) is 11.9 Å². The normalized spacial score (nSPS) is 23.7. The number of rotatable bonds is 5. The van der Waals surface area contributed by atoms with E-state index in [9.17, 15) is 13.6 Å². The van der Waals surface area contributed by atoms with Gasteiger partial charge in [0.05, 0.1) is 6.04 Å². The van der Waals surface area contributed by atoms with Crippen LogP contribution in [0.2, 0.25) is 0 Å². The van der Waals surface area contributed by atoms with Crippen molar-refractivity contribution in [2.24, 2.45) is 5.92 Å². The van der Waals surface area contributed by atoms with Crippen LogP contribution in [0, 0.1) is 5.92 Å². The van der Waals surface area contributed by atoms with E-state index >= 15 is 0 Å². The SMILES string of the molecule is CCC(C)C1NC(c2ccccc2OC(F)F)N(C)C1=O.